The van der Waals surface area contributed by atoms with Crippen LogP contribution < -0.4 is 10.1 Å². The number of para-hydroxylation sites is 1. The highest BCUT2D eigenvalue weighted by Crippen LogP contribution is 2.52. The van der Waals surface area contributed by atoms with Crippen molar-refractivity contribution >= 4 is 11.8 Å². The first-order valence-corrected chi connectivity index (χ1v) is 15.5. The maximum Gasteiger partial charge on any atom is 0.431 e. The van der Waals surface area contributed by atoms with Crippen LogP contribution in [0.3, 0.4) is 0 Å². The molecule has 8 nitrogen and oxygen atoms in total. The van der Waals surface area contributed by atoms with Crippen LogP contribution >= 0.6 is 0 Å². The normalized spacial score (nSPS) is 19.1. The molecule has 2 aliphatic rings. The first-order valence-electron chi connectivity index (χ1n) is 15.5. The van der Waals surface area contributed by atoms with Crippen molar-refractivity contribution in [2.45, 2.75) is 50.2 Å². The molecule has 2 atom stereocenters. The highest BCUT2D eigenvalue weighted by molar-refractivity contribution is 5.88. The highest BCUT2D eigenvalue weighted by Gasteiger charge is 2.65. The fourth-order valence-corrected chi connectivity index (χ4v) is 6.80. The molecule has 2 amide bonds. The van der Waals surface area contributed by atoms with Gasteiger partial charge >= 0.3 is 6.18 Å². The molecule has 1 unspecified atom stereocenters. The van der Waals surface area contributed by atoms with Crippen LogP contribution in [0.4, 0.5) is 13.2 Å². The standard InChI is InChI=1S/C36H35F3N4O4/c37-36(38,39)35(28-6-2-1-3-7-28,47-25-27-12-18-41-19-13-27)33(45)43-20-14-34(15-21-43)22-32(44)42-23-30(34)29-8-4-5-9-31(29)46-24-26-10-16-40-17-11-26/h1-13,16-19,30H,14-15,20-25H2,(H,42,44)/t30?,35-/m1/s1. The van der Waals surface area contributed by atoms with E-state index in [4.69, 9.17) is 9.47 Å². The summed E-state index contributed by atoms with van der Waals surface area (Å²) in [6, 6.07) is 21.6. The number of nitrogens with one attached hydrogen (secondary N) is 1. The molecule has 2 saturated heterocycles. The number of pyridine rings is 2. The van der Waals surface area contributed by atoms with Crippen LogP contribution in [0.5, 0.6) is 5.75 Å². The average molecular weight is 645 g/mol. The van der Waals surface area contributed by atoms with Crippen LogP contribution in [0.1, 0.15) is 47.4 Å². The van der Waals surface area contributed by atoms with Gasteiger partial charge in [0.1, 0.15) is 12.4 Å². The smallest absolute Gasteiger partial charge is 0.431 e. The van der Waals surface area contributed by atoms with Gasteiger partial charge in [-0.2, -0.15) is 13.2 Å². The Morgan fingerprint density at radius 3 is 2.09 bits per heavy atom. The summed E-state index contributed by atoms with van der Waals surface area (Å²) in [7, 11) is 0. The molecule has 2 aliphatic heterocycles. The fourth-order valence-electron chi connectivity index (χ4n) is 6.80. The molecule has 4 heterocycles. The van der Waals surface area contributed by atoms with E-state index in [1.165, 1.54) is 41.6 Å². The molecule has 2 aromatic heterocycles. The lowest BCUT2D eigenvalue weighted by Gasteiger charge is -2.50. The summed E-state index contributed by atoms with van der Waals surface area (Å²) < 4.78 is 57.6. The van der Waals surface area contributed by atoms with Gasteiger partial charge < -0.3 is 19.7 Å². The van der Waals surface area contributed by atoms with Crippen molar-refractivity contribution in [2.24, 2.45) is 5.41 Å². The second-order valence-corrected chi connectivity index (χ2v) is 12.1. The number of halogens is 3. The Labute approximate surface area is 270 Å². The summed E-state index contributed by atoms with van der Waals surface area (Å²) >= 11 is 0. The first-order chi connectivity index (χ1) is 22.7. The van der Waals surface area contributed by atoms with E-state index < -0.39 is 29.7 Å². The average Bonchev–Trinajstić information content (AvgIpc) is 3.09. The molecule has 0 radical (unpaired) electrons. The summed E-state index contributed by atoms with van der Waals surface area (Å²) in [6.07, 6.45) is 2.11. The van der Waals surface area contributed by atoms with E-state index in [1.54, 1.807) is 30.6 Å². The quantitative estimate of drug-likeness (QED) is 0.243. The SMILES string of the molecule is O=C1CC2(CCN(C(=O)[C@](OCc3ccncc3)(c3ccccc3)C(F)(F)F)CC2)C(c2ccccc2OCc2ccncc2)CN1. The molecule has 6 rings (SSSR count). The molecule has 0 aliphatic carbocycles. The number of hydrogen-bond acceptors (Lipinski definition) is 6. The zero-order valence-electron chi connectivity index (χ0n) is 25.7. The number of carbonyl (C=O) groups excluding carboxylic acids is 2. The van der Waals surface area contributed by atoms with Crippen molar-refractivity contribution < 1.29 is 32.2 Å². The third kappa shape index (κ3) is 6.58. The number of carbonyl (C=O) groups is 2. The van der Waals surface area contributed by atoms with Gasteiger partial charge in [-0.05, 0) is 65.3 Å². The number of ether oxygens (including phenoxy) is 2. The van der Waals surface area contributed by atoms with Crippen molar-refractivity contribution in [3.63, 3.8) is 0 Å². The number of likely N-dealkylation sites (tertiary alicyclic amines) is 1. The van der Waals surface area contributed by atoms with Crippen molar-refractivity contribution in [1.82, 2.24) is 20.2 Å². The predicted molar refractivity (Wildman–Crippen MR) is 167 cm³/mol. The van der Waals surface area contributed by atoms with E-state index in [1.807, 2.05) is 36.4 Å². The minimum Gasteiger partial charge on any atom is -0.489 e. The Bertz CT molecular complexity index is 1670. The summed E-state index contributed by atoms with van der Waals surface area (Å²) in [6.45, 7) is 0.303. The van der Waals surface area contributed by atoms with Crippen LogP contribution in [0.15, 0.2) is 104 Å². The number of piperidine rings is 2. The Morgan fingerprint density at radius 1 is 0.851 bits per heavy atom. The van der Waals surface area contributed by atoms with Gasteiger partial charge in [0, 0.05) is 62.3 Å². The summed E-state index contributed by atoms with van der Waals surface area (Å²) in [4.78, 5) is 36.2. The van der Waals surface area contributed by atoms with E-state index in [0.29, 0.717) is 37.3 Å². The van der Waals surface area contributed by atoms with Crippen LogP contribution in [0.25, 0.3) is 0 Å². The van der Waals surface area contributed by atoms with Gasteiger partial charge in [0.05, 0.1) is 6.61 Å². The first kappa shape index (κ1) is 32.2. The van der Waals surface area contributed by atoms with Crippen LogP contribution in [-0.4, -0.2) is 52.5 Å². The van der Waals surface area contributed by atoms with Crippen molar-refractivity contribution in [1.29, 1.82) is 0 Å². The van der Waals surface area contributed by atoms with Crippen LogP contribution in [0, 0.1) is 5.41 Å². The number of hydrogen-bond donors (Lipinski definition) is 1. The number of amides is 2. The topological polar surface area (TPSA) is 93.7 Å². The molecule has 0 bridgehead atoms. The van der Waals surface area contributed by atoms with Crippen LogP contribution in [-0.2, 0) is 33.1 Å². The molecule has 244 valence electrons. The van der Waals surface area contributed by atoms with Gasteiger partial charge in [-0.15, -0.1) is 0 Å². The maximum absolute atomic E-state index is 15.2. The lowest BCUT2D eigenvalue weighted by atomic mass is 9.62. The molecular weight excluding hydrogens is 609 g/mol. The van der Waals surface area contributed by atoms with E-state index in [9.17, 15) is 9.59 Å². The summed E-state index contributed by atoms with van der Waals surface area (Å²) in [5.74, 6) is -0.785. The Balaban J connectivity index is 1.27. The van der Waals surface area contributed by atoms with Gasteiger partial charge in [0.2, 0.25) is 5.91 Å². The zero-order valence-corrected chi connectivity index (χ0v) is 25.7. The predicted octanol–water partition coefficient (Wildman–Crippen LogP) is 5.94. The minimum atomic E-state index is -5.06. The minimum absolute atomic E-state index is 0.0337. The number of rotatable bonds is 9. The van der Waals surface area contributed by atoms with Gasteiger partial charge in [-0.25, -0.2) is 0 Å². The molecule has 2 fully saturated rings. The molecular formula is C36H35F3N4O4. The molecule has 1 spiro atoms. The fraction of sp³-hybridized carbons (Fsp3) is 0.333. The van der Waals surface area contributed by atoms with E-state index in [0.717, 1.165) is 11.1 Å². The maximum atomic E-state index is 15.2. The molecule has 2 aromatic carbocycles. The number of alkyl halides is 3. The van der Waals surface area contributed by atoms with Gasteiger partial charge in [0.25, 0.3) is 11.5 Å². The number of aromatic nitrogens is 2. The van der Waals surface area contributed by atoms with Crippen molar-refractivity contribution in [3.05, 3.63) is 126 Å². The second kappa shape index (κ2) is 13.5. The molecule has 4 aromatic rings. The zero-order chi connectivity index (χ0) is 32.9. The van der Waals surface area contributed by atoms with E-state index >= 15 is 13.2 Å². The number of benzene rings is 2. The Kier molecular flexibility index (Phi) is 9.26. The molecule has 47 heavy (non-hydrogen) atoms. The van der Waals surface area contributed by atoms with Crippen molar-refractivity contribution in [2.75, 3.05) is 19.6 Å². The van der Waals surface area contributed by atoms with Gasteiger partial charge in [-0.3, -0.25) is 19.6 Å². The third-order valence-electron chi connectivity index (χ3n) is 9.33. The molecule has 11 heteroatoms. The van der Waals surface area contributed by atoms with Gasteiger partial charge in [-0.1, -0.05) is 48.5 Å². The Morgan fingerprint density at radius 2 is 1.45 bits per heavy atom. The summed E-state index contributed by atoms with van der Waals surface area (Å²) in [5.41, 5.74) is -1.78. The van der Waals surface area contributed by atoms with E-state index in [2.05, 4.69) is 15.3 Å². The third-order valence-corrected chi connectivity index (χ3v) is 9.33. The van der Waals surface area contributed by atoms with E-state index in [-0.39, 0.29) is 36.9 Å². The number of nitrogens with zero attached hydrogens (tertiary/aromatic N) is 3. The lowest BCUT2D eigenvalue weighted by Crippen LogP contribution is -2.60. The van der Waals surface area contributed by atoms with Crippen LogP contribution in [0.2, 0.25) is 0 Å². The highest BCUT2D eigenvalue weighted by atomic mass is 19.4. The largest absolute Gasteiger partial charge is 0.489 e. The summed E-state index contributed by atoms with van der Waals surface area (Å²) in [5, 5.41) is 2.98. The second-order valence-electron chi connectivity index (χ2n) is 12.1. The lowest BCUT2D eigenvalue weighted by molar-refractivity contribution is -0.281. The molecule has 0 saturated carbocycles. The Hall–Kier alpha value is -4.77. The molecule has 1 N–H and O–H groups in total. The monoisotopic (exact) mass is 644 g/mol. The van der Waals surface area contributed by atoms with Gasteiger partial charge in [0.15, 0.2) is 0 Å². The van der Waals surface area contributed by atoms with Crippen molar-refractivity contribution in [3.8, 4) is 5.75 Å².